The van der Waals surface area contributed by atoms with Crippen LogP contribution in [0.1, 0.15) is 34.6 Å². The molecular formula is C22H24ClF7N2O2. The van der Waals surface area contributed by atoms with Gasteiger partial charge in [-0.1, -0.05) is 12.1 Å². The maximum absolute atomic E-state index is 13.3. The van der Waals surface area contributed by atoms with E-state index in [-0.39, 0.29) is 56.1 Å². The van der Waals surface area contributed by atoms with Crippen LogP contribution in [0.4, 0.5) is 30.7 Å². The van der Waals surface area contributed by atoms with Gasteiger partial charge in [0.05, 0.1) is 24.3 Å². The molecule has 0 aliphatic rings. The van der Waals surface area contributed by atoms with Gasteiger partial charge in [0.25, 0.3) is 0 Å². The number of carbonyl (C=O) groups excluding carboxylic acids is 1. The van der Waals surface area contributed by atoms with Crippen molar-refractivity contribution in [3.8, 4) is 0 Å². The minimum atomic E-state index is -4.96. The molecule has 0 heterocycles. The molecule has 0 aliphatic carbocycles. The van der Waals surface area contributed by atoms with Crippen molar-refractivity contribution in [1.82, 2.24) is 4.90 Å². The third-order valence-corrected chi connectivity index (χ3v) is 4.85. The predicted octanol–water partition coefficient (Wildman–Crippen LogP) is 5.39. The summed E-state index contributed by atoms with van der Waals surface area (Å²) in [6, 6.07) is 6.58. The Morgan fingerprint density at radius 1 is 1.00 bits per heavy atom. The van der Waals surface area contributed by atoms with Crippen molar-refractivity contribution < 1.29 is 40.3 Å². The lowest BCUT2D eigenvalue weighted by Crippen LogP contribution is -2.33. The zero-order valence-corrected chi connectivity index (χ0v) is 18.9. The van der Waals surface area contributed by atoms with Crippen LogP contribution in [0.2, 0.25) is 0 Å². The number of nitrogens with two attached hydrogens (primary N) is 1. The van der Waals surface area contributed by atoms with Gasteiger partial charge in [-0.25, -0.2) is 4.39 Å². The van der Waals surface area contributed by atoms with Gasteiger partial charge < -0.3 is 15.4 Å². The lowest BCUT2D eigenvalue weighted by Gasteiger charge is -2.25. The van der Waals surface area contributed by atoms with Gasteiger partial charge in [0.15, 0.2) is 0 Å². The molecule has 0 saturated heterocycles. The van der Waals surface area contributed by atoms with E-state index < -0.39 is 41.8 Å². The SMILES string of the molecule is CN(CC(COCc1cc(C(F)(F)F)cc(C(F)(F)F)c1)c1ccc(F)cc1)C(=O)CCN.Cl. The average molecular weight is 517 g/mol. The molecule has 0 aromatic heterocycles. The van der Waals surface area contributed by atoms with Crippen molar-refractivity contribution in [3.05, 3.63) is 70.5 Å². The molecule has 2 aromatic rings. The summed E-state index contributed by atoms with van der Waals surface area (Å²) < 4.78 is 97.0. The summed E-state index contributed by atoms with van der Waals surface area (Å²) in [4.78, 5) is 13.4. The molecule has 0 saturated carbocycles. The lowest BCUT2D eigenvalue weighted by molar-refractivity contribution is -0.143. The second kappa shape index (κ2) is 12.4. The number of benzene rings is 2. The number of carbonyl (C=O) groups is 1. The molecule has 2 aromatic carbocycles. The second-order valence-corrected chi connectivity index (χ2v) is 7.49. The van der Waals surface area contributed by atoms with E-state index in [1.54, 1.807) is 0 Å². The third kappa shape index (κ3) is 8.77. The van der Waals surface area contributed by atoms with Crippen LogP contribution in [-0.4, -0.2) is 37.6 Å². The Morgan fingerprint density at radius 2 is 1.53 bits per heavy atom. The normalized spacial score (nSPS) is 12.7. The number of halogens is 8. The molecule has 1 unspecified atom stereocenters. The number of hydrogen-bond acceptors (Lipinski definition) is 3. The molecule has 0 radical (unpaired) electrons. The van der Waals surface area contributed by atoms with Crippen LogP contribution in [-0.2, 0) is 28.5 Å². The van der Waals surface area contributed by atoms with E-state index in [4.69, 9.17) is 10.5 Å². The van der Waals surface area contributed by atoms with Crippen LogP contribution in [0.5, 0.6) is 0 Å². The molecule has 12 heteroatoms. The minimum Gasteiger partial charge on any atom is -0.376 e. The average Bonchev–Trinajstić information content (AvgIpc) is 2.72. The van der Waals surface area contributed by atoms with E-state index in [1.165, 1.54) is 36.2 Å². The van der Waals surface area contributed by atoms with Gasteiger partial charge in [0.1, 0.15) is 5.82 Å². The van der Waals surface area contributed by atoms with Gasteiger partial charge in [-0.15, -0.1) is 12.4 Å². The predicted molar refractivity (Wildman–Crippen MR) is 114 cm³/mol. The number of hydrogen-bond donors (Lipinski definition) is 1. The van der Waals surface area contributed by atoms with Crippen molar-refractivity contribution in [3.63, 3.8) is 0 Å². The van der Waals surface area contributed by atoms with Crippen molar-refractivity contribution in [2.45, 2.75) is 31.3 Å². The molecule has 0 fully saturated rings. The lowest BCUT2D eigenvalue weighted by atomic mass is 9.99. The van der Waals surface area contributed by atoms with Gasteiger partial charge in [0.2, 0.25) is 5.91 Å². The fourth-order valence-corrected chi connectivity index (χ4v) is 3.16. The number of nitrogens with zero attached hydrogens (tertiary/aromatic N) is 1. The van der Waals surface area contributed by atoms with E-state index in [2.05, 4.69) is 0 Å². The largest absolute Gasteiger partial charge is 0.416 e. The molecule has 2 N–H and O–H groups in total. The maximum Gasteiger partial charge on any atom is 0.416 e. The highest BCUT2D eigenvalue weighted by Gasteiger charge is 2.36. The fraction of sp³-hybridized carbons (Fsp3) is 0.409. The first kappa shape index (κ1) is 29.7. The summed E-state index contributed by atoms with van der Waals surface area (Å²) in [5, 5.41) is 0. The standard InChI is InChI=1S/C22H23F7N2O2.ClH/c1-31(20(32)6-7-30)11-16(15-2-4-19(23)5-3-15)13-33-12-14-8-17(21(24,25)26)10-18(9-14)22(27,28)29;/h2-5,8-10,16H,6-7,11-13,30H2,1H3;1H. The zero-order chi connectivity index (χ0) is 24.8. The molecule has 1 amide bonds. The van der Waals surface area contributed by atoms with E-state index in [0.29, 0.717) is 17.7 Å². The summed E-state index contributed by atoms with van der Waals surface area (Å²) in [6.45, 7) is -0.395. The Labute approximate surface area is 198 Å². The van der Waals surface area contributed by atoms with Crippen molar-refractivity contribution in [1.29, 1.82) is 0 Å². The Balaban J connectivity index is 0.00000578. The highest BCUT2D eigenvalue weighted by molar-refractivity contribution is 5.85. The maximum atomic E-state index is 13.3. The van der Waals surface area contributed by atoms with Crippen molar-refractivity contribution in [2.75, 3.05) is 26.7 Å². The first-order valence-electron chi connectivity index (χ1n) is 9.87. The fourth-order valence-electron chi connectivity index (χ4n) is 3.16. The zero-order valence-electron chi connectivity index (χ0n) is 18.0. The van der Waals surface area contributed by atoms with E-state index >= 15 is 0 Å². The van der Waals surface area contributed by atoms with Crippen LogP contribution < -0.4 is 5.73 Å². The topological polar surface area (TPSA) is 55.6 Å². The second-order valence-electron chi connectivity index (χ2n) is 7.49. The van der Waals surface area contributed by atoms with Gasteiger partial charge in [-0.2, -0.15) is 26.3 Å². The quantitative estimate of drug-likeness (QED) is 0.455. The summed E-state index contributed by atoms with van der Waals surface area (Å²) in [5.41, 5.74) is 2.80. The van der Waals surface area contributed by atoms with E-state index in [9.17, 15) is 35.5 Å². The molecule has 0 spiro atoms. The van der Waals surface area contributed by atoms with E-state index in [0.717, 1.165) is 0 Å². The summed E-state index contributed by atoms with van der Waals surface area (Å²) in [6.07, 6.45) is -9.82. The number of amides is 1. The van der Waals surface area contributed by atoms with Crippen LogP contribution >= 0.6 is 12.4 Å². The highest BCUT2D eigenvalue weighted by Crippen LogP contribution is 2.36. The number of alkyl halides is 6. The monoisotopic (exact) mass is 516 g/mol. The molecule has 190 valence electrons. The summed E-state index contributed by atoms with van der Waals surface area (Å²) in [5.74, 6) is -1.25. The minimum absolute atomic E-state index is 0. The molecule has 34 heavy (non-hydrogen) atoms. The first-order chi connectivity index (χ1) is 15.3. The summed E-state index contributed by atoms with van der Waals surface area (Å²) in [7, 11) is 1.52. The van der Waals surface area contributed by atoms with E-state index in [1.807, 2.05) is 0 Å². The van der Waals surface area contributed by atoms with Crippen LogP contribution in [0.15, 0.2) is 42.5 Å². The molecular weight excluding hydrogens is 493 g/mol. The first-order valence-corrected chi connectivity index (χ1v) is 9.87. The third-order valence-electron chi connectivity index (χ3n) is 4.85. The Kier molecular flexibility index (Phi) is 10.8. The smallest absolute Gasteiger partial charge is 0.376 e. The van der Waals surface area contributed by atoms with Crippen LogP contribution in [0.25, 0.3) is 0 Å². The Morgan fingerprint density at radius 3 is 2.00 bits per heavy atom. The number of likely N-dealkylation sites (N-methyl/N-ethyl adjacent to an activating group) is 1. The molecule has 1 atom stereocenters. The molecule has 4 nitrogen and oxygen atoms in total. The molecule has 0 bridgehead atoms. The number of rotatable bonds is 9. The van der Waals surface area contributed by atoms with Crippen LogP contribution in [0.3, 0.4) is 0 Å². The van der Waals surface area contributed by atoms with Gasteiger partial charge in [0, 0.05) is 32.5 Å². The Hall–Kier alpha value is -2.37. The summed E-state index contributed by atoms with van der Waals surface area (Å²) >= 11 is 0. The Bertz CT molecular complexity index is 902. The number of ether oxygens (including phenoxy) is 1. The van der Waals surface area contributed by atoms with Crippen molar-refractivity contribution >= 4 is 18.3 Å². The molecule has 0 aliphatic heterocycles. The molecule has 2 rings (SSSR count). The highest BCUT2D eigenvalue weighted by atomic mass is 35.5. The van der Waals surface area contributed by atoms with Crippen molar-refractivity contribution in [2.24, 2.45) is 5.73 Å². The van der Waals surface area contributed by atoms with Crippen LogP contribution in [0, 0.1) is 5.82 Å². The van der Waals surface area contributed by atoms with Gasteiger partial charge >= 0.3 is 12.4 Å². The van der Waals surface area contributed by atoms with Gasteiger partial charge in [-0.3, -0.25) is 4.79 Å². The van der Waals surface area contributed by atoms with Gasteiger partial charge in [-0.05, 0) is 41.5 Å².